The predicted octanol–water partition coefficient (Wildman–Crippen LogP) is 7.11. The largest absolute Gasteiger partial charge is 0.456 e. The van der Waals surface area contributed by atoms with Gasteiger partial charge < -0.3 is 9.73 Å². The van der Waals surface area contributed by atoms with Gasteiger partial charge in [0.15, 0.2) is 0 Å². The van der Waals surface area contributed by atoms with Crippen molar-refractivity contribution < 1.29 is 14.6 Å². The van der Waals surface area contributed by atoms with E-state index in [4.69, 9.17) is 9.30 Å². The summed E-state index contributed by atoms with van der Waals surface area (Å²) in [4.78, 5) is 9.52. The molecule has 2 N–H and O–H groups in total. The van der Waals surface area contributed by atoms with Gasteiger partial charge in [-0.25, -0.2) is 4.89 Å². The number of benzene rings is 3. The van der Waals surface area contributed by atoms with Gasteiger partial charge in [-0.3, -0.25) is 10.2 Å². The van der Waals surface area contributed by atoms with Crippen LogP contribution in [0.25, 0.3) is 33.4 Å². The second-order valence-electron chi connectivity index (χ2n) is 8.37. The Labute approximate surface area is 195 Å². The fraction of sp³-hybridized carbons (Fsp3) is 0.321. The second-order valence-corrected chi connectivity index (χ2v) is 8.37. The normalized spacial score (nSPS) is 13.1. The maximum absolute atomic E-state index is 9.62. The average molecular weight is 445 g/mol. The number of aryl methyl sites for hydroxylation is 2. The predicted molar refractivity (Wildman–Crippen MR) is 135 cm³/mol. The van der Waals surface area contributed by atoms with E-state index < -0.39 is 6.10 Å². The molecule has 0 amide bonds. The zero-order chi connectivity index (χ0) is 23.5. The van der Waals surface area contributed by atoms with Crippen molar-refractivity contribution in [2.24, 2.45) is 4.99 Å². The number of hydrogen-bond acceptors (Lipinski definition) is 5. The summed E-state index contributed by atoms with van der Waals surface area (Å²) in [5.41, 5.74) is 8.19. The maximum atomic E-state index is 9.62. The monoisotopic (exact) mass is 444 g/mol. The third-order valence-corrected chi connectivity index (χ3v) is 6.15. The number of rotatable bonds is 7. The lowest BCUT2D eigenvalue weighted by Gasteiger charge is -2.22. The molecule has 0 radical (unpaired) electrons. The second kappa shape index (κ2) is 9.77. The van der Waals surface area contributed by atoms with Crippen LogP contribution in [0.1, 0.15) is 50.0 Å². The number of hydrogen-bond donors (Lipinski definition) is 2. The van der Waals surface area contributed by atoms with Gasteiger partial charge in [0.25, 0.3) is 0 Å². The highest BCUT2D eigenvalue weighted by molar-refractivity contribution is 6.04. The molecule has 2 aromatic carbocycles. The van der Waals surface area contributed by atoms with Gasteiger partial charge in [0, 0.05) is 47.4 Å². The van der Waals surface area contributed by atoms with Gasteiger partial charge in [-0.15, -0.1) is 0 Å². The first kappa shape index (κ1) is 23.0. The van der Waals surface area contributed by atoms with Crippen molar-refractivity contribution >= 4 is 16.7 Å². The van der Waals surface area contributed by atoms with Gasteiger partial charge >= 0.3 is 0 Å². The molecule has 1 atom stereocenters. The first-order valence-electron chi connectivity index (χ1n) is 11.7. The van der Waals surface area contributed by atoms with Crippen LogP contribution in [0.2, 0.25) is 0 Å². The zero-order valence-corrected chi connectivity index (χ0v) is 20.0. The van der Waals surface area contributed by atoms with Crippen LogP contribution in [-0.4, -0.2) is 18.3 Å². The number of nitrogens with one attached hydrogen (secondary N) is 1. The Morgan fingerprint density at radius 2 is 1.79 bits per heavy atom. The van der Waals surface area contributed by atoms with Gasteiger partial charge in [-0.1, -0.05) is 31.2 Å². The van der Waals surface area contributed by atoms with Crippen molar-refractivity contribution in [3.63, 3.8) is 0 Å². The highest BCUT2D eigenvalue weighted by Crippen LogP contribution is 2.44. The molecule has 0 saturated heterocycles. The van der Waals surface area contributed by atoms with E-state index in [0.29, 0.717) is 13.0 Å². The fourth-order valence-electron chi connectivity index (χ4n) is 4.56. The van der Waals surface area contributed by atoms with E-state index in [-0.39, 0.29) is 0 Å². The molecule has 1 unspecified atom stereocenters. The number of nitrogens with zero attached hydrogens (tertiary/aromatic N) is 1. The van der Waals surface area contributed by atoms with Gasteiger partial charge in [-0.2, -0.15) is 0 Å². The molecule has 0 bridgehead atoms. The highest BCUT2D eigenvalue weighted by atomic mass is 17.1. The Kier molecular flexibility index (Phi) is 6.82. The molecular weight excluding hydrogens is 412 g/mol. The number of fused-ring (bicyclic) bond motifs is 2. The van der Waals surface area contributed by atoms with E-state index >= 15 is 0 Å². The van der Waals surface area contributed by atoms with E-state index in [1.165, 1.54) is 0 Å². The molecule has 5 heteroatoms. The molecule has 1 aliphatic carbocycles. The quantitative estimate of drug-likeness (QED) is 0.181. The topological polar surface area (TPSA) is 67.0 Å². The molecule has 1 heterocycles. The molecule has 0 saturated carbocycles. The van der Waals surface area contributed by atoms with Crippen LogP contribution >= 0.6 is 0 Å². The number of anilines is 1. The summed E-state index contributed by atoms with van der Waals surface area (Å²) >= 11 is 0. The van der Waals surface area contributed by atoms with Gasteiger partial charge in [0.2, 0.25) is 0 Å². The Hall–Kier alpha value is -3.15. The van der Waals surface area contributed by atoms with E-state index in [0.717, 1.165) is 67.7 Å². The molecule has 33 heavy (non-hydrogen) atoms. The lowest BCUT2D eigenvalue weighted by Crippen LogP contribution is -2.09. The lowest BCUT2D eigenvalue weighted by atomic mass is 9.87. The molecule has 0 fully saturated rings. The average Bonchev–Trinajstić information content (AvgIpc) is 2.81. The van der Waals surface area contributed by atoms with Gasteiger partial charge in [-0.05, 0) is 68.5 Å². The summed E-state index contributed by atoms with van der Waals surface area (Å²) in [7, 11) is 0. The first-order valence-corrected chi connectivity index (χ1v) is 11.7. The van der Waals surface area contributed by atoms with Crippen LogP contribution in [-0.2, 0) is 4.89 Å². The van der Waals surface area contributed by atoms with Crippen molar-refractivity contribution in [1.29, 1.82) is 0 Å². The Bertz CT molecular complexity index is 1320. The Morgan fingerprint density at radius 3 is 2.48 bits per heavy atom. The minimum Gasteiger partial charge on any atom is -0.456 e. The lowest BCUT2D eigenvalue weighted by molar-refractivity contribution is -0.282. The minimum atomic E-state index is -0.416. The van der Waals surface area contributed by atoms with Crippen molar-refractivity contribution in [3.8, 4) is 22.5 Å². The van der Waals surface area contributed by atoms with Gasteiger partial charge in [0.1, 0.15) is 17.4 Å². The summed E-state index contributed by atoms with van der Waals surface area (Å²) < 4.78 is 6.46. The molecule has 0 spiro atoms. The zero-order valence-electron chi connectivity index (χ0n) is 20.0. The molecule has 2 aromatic rings. The Morgan fingerprint density at radius 1 is 1.00 bits per heavy atom. The van der Waals surface area contributed by atoms with Crippen LogP contribution in [0.15, 0.2) is 57.9 Å². The highest BCUT2D eigenvalue weighted by Gasteiger charge is 2.23. The summed E-state index contributed by atoms with van der Waals surface area (Å²) in [6.45, 7) is 11.9. The molecule has 4 rings (SSSR count). The van der Waals surface area contributed by atoms with Crippen LogP contribution in [0.5, 0.6) is 0 Å². The van der Waals surface area contributed by atoms with Crippen molar-refractivity contribution in [3.05, 3.63) is 70.6 Å². The molecule has 1 aliphatic heterocycles. The molecule has 2 aliphatic rings. The van der Waals surface area contributed by atoms with E-state index in [2.05, 4.69) is 55.3 Å². The van der Waals surface area contributed by atoms with Crippen molar-refractivity contribution in [1.82, 2.24) is 0 Å². The minimum absolute atomic E-state index is 0.416. The van der Waals surface area contributed by atoms with Crippen molar-refractivity contribution in [2.45, 2.75) is 47.1 Å². The standard InChI is InChI=1S/C28H32N2O3/c1-6-25(33-31)19-11-9-10-12-20(19)28-21-13-17(4)23(29-7-2)15-26(21)32-27-16-24(30-8-3)18(5)14-22(27)28/h9-16,25,29,31H,6-8H2,1-5H3. The molecule has 5 nitrogen and oxygen atoms in total. The summed E-state index contributed by atoms with van der Waals surface area (Å²) in [5.74, 6) is 0.786. The van der Waals surface area contributed by atoms with Crippen molar-refractivity contribution in [2.75, 3.05) is 18.4 Å². The summed E-state index contributed by atoms with van der Waals surface area (Å²) in [5, 5.41) is 15.0. The maximum Gasteiger partial charge on any atom is 0.137 e. The fourth-order valence-corrected chi connectivity index (χ4v) is 4.56. The van der Waals surface area contributed by atoms with Crippen LogP contribution < -0.4 is 10.7 Å². The molecule has 172 valence electrons. The first-order chi connectivity index (χ1) is 16.0. The smallest absolute Gasteiger partial charge is 0.137 e. The molecule has 0 aromatic heterocycles. The van der Waals surface area contributed by atoms with E-state index in [9.17, 15) is 5.26 Å². The van der Waals surface area contributed by atoms with E-state index in [1.54, 1.807) is 0 Å². The third kappa shape index (κ3) is 4.26. The van der Waals surface area contributed by atoms with Crippen LogP contribution in [0.3, 0.4) is 0 Å². The SMILES string of the molecule is CCN=c1cc2oc3cc(NCC)c(C)cc3c(-c3ccccc3C(CC)OO)c-2cc1C. The van der Waals surface area contributed by atoms with Gasteiger partial charge in [0.05, 0.1) is 5.36 Å². The van der Waals surface area contributed by atoms with E-state index in [1.807, 2.05) is 38.1 Å². The van der Waals surface area contributed by atoms with Crippen LogP contribution in [0.4, 0.5) is 5.69 Å². The summed E-state index contributed by atoms with van der Waals surface area (Å²) in [6, 6.07) is 16.6. The summed E-state index contributed by atoms with van der Waals surface area (Å²) in [6.07, 6.45) is 0.240. The van der Waals surface area contributed by atoms with Crippen LogP contribution in [0, 0.1) is 13.8 Å². The Balaban J connectivity index is 2.17. The molecular formula is C28H32N2O3. The third-order valence-electron chi connectivity index (χ3n) is 6.15.